The maximum atomic E-state index is 12.4. The summed E-state index contributed by atoms with van der Waals surface area (Å²) in [6.45, 7) is 1.78. The molecule has 18 heavy (non-hydrogen) atoms. The summed E-state index contributed by atoms with van der Waals surface area (Å²) < 4.78 is 0. The molecule has 0 saturated carbocycles. The first kappa shape index (κ1) is 11.3. The van der Waals surface area contributed by atoms with Crippen molar-refractivity contribution < 1.29 is 4.79 Å². The van der Waals surface area contributed by atoms with Crippen LogP contribution in [0.5, 0.6) is 0 Å². The molecule has 0 unspecified atom stereocenters. The molecule has 2 heterocycles. The lowest BCUT2D eigenvalue weighted by Crippen LogP contribution is -2.31. The van der Waals surface area contributed by atoms with Gasteiger partial charge in [-0.05, 0) is 31.0 Å². The van der Waals surface area contributed by atoms with E-state index in [1.807, 2.05) is 23.1 Å². The Morgan fingerprint density at radius 1 is 1.17 bits per heavy atom. The number of carbonyl (C=O) groups excluding carboxylic acids is 1. The van der Waals surface area contributed by atoms with Crippen LogP contribution in [0.15, 0.2) is 24.4 Å². The van der Waals surface area contributed by atoms with Gasteiger partial charge in [0.25, 0.3) is 5.91 Å². The second-order valence-corrected chi connectivity index (χ2v) is 4.88. The zero-order valence-electron chi connectivity index (χ0n) is 10.4. The minimum absolute atomic E-state index is 0.153. The lowest BCUT2D eigenvalue weighted by Gasteiger charge is -2.20. The molecule has 2 aromatic rings. The molecule has 4 nitrogen and oxygen atoms in total. The van der Waals surface area contributed by atoms with Gasteiger partial charge < -0.3 is 4.90 Å². The minimum atomic E-state index is 0.153. The SMILES string of the molecule is O=C(c1ccc2[nH]ncc2c1)N1CCCCCC1. The van der Waals surface area contributed by atoms with Gasteiger partial charge in [0.05, 0.1) is 11.7 Å². The monoisotopic (exact) mass is 243 g/mol. The number of amides is 1. The zero-order valence-corrected chi connectivity index (χ0v) is 10.4. The van der Waals surface area contributed by atoms with E-state index in [4.69, 9.17) is 0 Å². The molecule has 1 saturated heterocycles. The number of likely N-dealkylation sites (tertiary alicyclic amines) is 1. The summed E-state index contributed by atoms with van der Waals surface area (Å²) in [5.74, 6) is 0.153. The number of benzene rings is 1. The fourth-order valence-electron chi connectivity index (χ4n) is 2.53. The Morgan fingerprint density at radius 3 is 2.72 bits per heavy atom. The van der Waals surface area contributed by atoms with Gasteiger partial charge in [0.1, 0.15) is 0 Å². The van der Waals surface area contributed by atoms with Gasteiger partial charge in [-0.2, -0.15) is 5.10 Å². The van der Waals surface area contributed by atoms with Crippen molar-refractivity contribution in [3.8, 4) is 0 Å². The van der Waals surface area contributed by atoms with Gasteiger partial charge in [-0.25, -0.2) is 0 Å². The molecule has 1 amide bonds. The number of hydrogen-bond donors (Lipinski definition) is 1. The molecule has 3 rings (SSSR count). The lowest BCUT2D eigenvalue weighted by molar-refractivity contribution is 0.0762. The number of aromatic amines is 1. The molecule has 0 atom stereocenters. The Hall–Kier alpha value is -1.84. The molecule has 0 bridgehead atoms. The molecule has 94 valence electrons. The second-order valence-electron chi connectivity index (χ2n) is 4.88. The molecule has 0 radical (unpaired) electrons. The van der Waals surface area contributed by atoms with E-state index in [0.29, 0.717) is 0 Å². The van der Waals surface area contributed by atoms with Gasteiger partial charge in [-0.1, -0.05) is 12.8 Å². The highest BCUT2D eigenvalue weighted by atomic mass is 16.2. The first-order valence-electron chi connectivity index (χ1n) is 6.57. The van der Waals surface area contributed by atoms with Crippen LogP contribution in [-0.4, -0.2) is 34.1 Å². The van der Waals surface area contributed by atoms with Crippen molar-refractivity contribution in [2.45, 2.75) is 25.7 Å². The van der Waals surface area contributed by atoms with Crippen LogP contribution >= 0.6 is 0 Å². The smallest absolute Gasteiger partial charge is 0.253 e. The summed E-state index contributed by atoms with van der Waals surface area (Å²) in [5, 5.41) is 7.88. The van der Waals surface area contributed by atoms with Crippen LogP contribution in [-0.2, 0) is 0 Å². The van der Waals surface area contributed by atoms with Gasteiger partial charge in [-0.15, -0.1) is 0 Å². The molecule has 0 spiro atoms. The average molecular weight is 243 g/mol. The Balaban J connectivity index is 1.85. The molecule has 1 N–H and O–H groups in total. The number of hydrogen-bond acceptors (Lipinski definition) is 2. The van der Waals surface area contributed by atoms with Crippen LogP contribution in [0.4, 0.5) is 0 Å². The molecule has 4 heteroatoms. The molecule has 1 fully saturated rings. The maximum Gasteiger partial charge on any atom is 0.253 e. The van der Waals surface area contributed by atoms with E-state index < -0.39 is 0 Å². The van der Waals surface area contributed by atoms with Crippen LogP contribution in [0, 0.1) is 0 Å². The minimum Gasteiger partial charge on any atom is -0.339 e. The van der Waals surface area contributed by atoms with Crippen LogP contribution in [0.2, 0.25) is 0 Å². The highest BCUT2D eigenvalue weighted by molar-refractivity contribution is 5.97. The van der Waals surface area contributed by atoms with Gasteiger partial charge in [0, 0.05) is 24.0 Å². The molecule has 1 aromatic heterocycles. The Kier molecular flexibility index (Phi) is 3.00. The predicted molar refractivity (Wildman–Crippen MR) is 70.5 cm³/mol. The Bertz CT molecular complexity index is 553. The number of carbonyl (C=O) groups is 1. The zero-order chi connectivity index (χ0) is 12.4. The van der Waals surface area contributed by atoms with E-state index >= 15 is 0 Å². The fraction of sp³-hybridized carbons (Fsp3) is 0.429. The number of nitrogens with one attached hydrogen (secondary N) is 1. The summed E-state index contributed by atoms with van der Waals surface area (Å²) in [5.41, 5.74) is 1.74. The fourth-order valence-corrected chi connectivity index (χ4v) is 2.53. The third-order valence-corrected chi connectivity index (χ3v) is 3.58. The van der Waals surface area contributed by atoms with Crippen molar-refractivity contribution in [2.75, 3.05) is 13.1 Å². The van der Waals surface area contributed by atoms with Crippen LogP contribution in [0.3, 0.4) is 0 Å². The summed E-state index contributed by atoms with van der Waals surface area (Å²) in [6, 6.07) is 5.73. The van der Waals surface area contributed by atoms with Crippen molar-refractivity contribution in [2.24, 2.45) is 0 Å². The molecule has 1 aromatic carbocycles. The normalized spacial score (nSPS) is 16.8. The second kappa shape index (κ2) is 4.80. The number of H-pyrrole nitrogens is 1. The third kappa shape index (κ3) is 2.10. The molecule has 1 aliphatic rings. The molecular formula is C14H17N3O. The highest BCUT2D eigenvalue weighted by Gasteiger charge is 2.17. The number of fused-ring (bicyclic) bond motifs is 1. The van der Waals surface area contributed by atoms with E-state index in [0.717, 1.165) is 42.4 Å². The van der Waals surface area contributed by atoms with E-state index in [2.05, 4.69) is 10.2 Å². The largest absolute Gasteiger partial charge is 0.339 e. The summed E-state index contributed by atoms with van der Waals surface area (Å²) >= 11 is 0. The Labute approximate surface area is 106 Å². The van der Waals surface area contributed by atoms with Crippen LogP contribution < -0.4 is 0 Å². The topological polar surface area (TPSA) is 49.0 Å². The van der Waals surface area contributed by atoms with Gasteiger partial charge in [0.15, 0.2) is 0 Å². The van der Waals surface area contributed by atoms with Crippen LogP contribution in [0.25, 0.3) is 10.9 Å². The third-order valence-electron chi connectivity index (χ3n) is 3.58. The van der Waals surface area contributed by atoms with E-state index in [1.54, 1.807) is 6.20 Å². The highest BCUT2D eigenvalue weighted by Crippen LogP contribution is 2.17. The predicted octanol–water partition coefficient (Wildman–Crippen LogP) is 2.58. The van der Waals surface area contributed by atoms with Gasteiger partial charge in [-0.3, -0.25) is 9.89 Å². The van der Waals surface area contributed by atoms with Crippen molar-refractivity contribution in [1.29, 1.82) is 0 Å². The first-order chi connectivity index (χ1) is 8.84. The van der Waals surface area contributed by atoms with Crippen molar-refractivity contribution in [3.05, 3.63) is 30.0 Å². The molecule has 0 aliphatic carbocycles. The molecule has 1 aliphatic heterocycles. The number of nitrogens with zero attached hydrogens (tertiary/aromatic N) is 2. The van der Waals surface area contributed by atoms with E-state index in [-0.39, 0.29) is 5.91 Å². The van der Waals surface area contributed by atoms with E-state index in [9.17, 15) is 4.79 Å². The van der Waals surface area contributed by atoms with Gasteiger partial charge >= 0.3 is 0 Å². The quantitative estimate of drug-likeness (QED) is 0.836. The lowest BCUT2D eigenvalue weighted by atomic mass is 10.1. The van der Waals surface area contributed by atoms with E-state index in [1.165, 1.54) is 12.8 Å². The van der Waals surface area contributed by atoms with Crippen molar-refractivity contribution in [3.63, 3.8) is 0 Å². The first-order valence-corrected chi connectivity index (χ1v) is 6.57. The number of aromatic nitrogens is 2. The summed E-state index contributed by atoms with van der Waals surface area (Å²) in [4.78, 5) is 14.4. The van der Waals surface area contributed by atoms with Crippen LogP contribution in [0.1, 0.15) is 36.0 Å². The summed E-state index contributed by atoms with van der Waals surface area (Å²) in [7, 11) is 0. The standard InChI is InChI=1S/C14H17N3O/c18-14(17-7-3-1-2-4-8-17)11-5-6-13-12(9-11)10-15-16-13/h5-6,9-10H,1-4,7-8H2,(H,15,16). The Morgan fingerprint density at radius 2 is 1.94 bits per heavy atom. The maximum absolute atomic E-state index is 12.4. The van der Waals surface area contributed by atoms with Gasteiger partial charge in [0.2, 0.25) is 0 Å². The average Bonchev–Trinajstić information content (AvgIpc) is 2.69. The number of rotatable bonds is 1. The van der Waals surface area contributed by atoms with Crippen molar-refractivity contribution in [1.82, 2.24) is 15.1 Å². The molecular weight excluding hydrogens is 226 g/mol. The van der Waals surface area contributed by atoms with Crippen molar-refractivity contribution >= 4 is 16.8 Å². The summed E-state index contributed by atoms with van der Waals surface area (Å²) in [6.07, 6.45) is 6.49.